The van der Waals surface area contributed by atoms with Gasteiger partial charge in [0.2, 0.25) is 15.9 Å². The summed E-state index contributed by atoms with van der Waals surface area (Å²) in [4.78, 5) is 12.0. The highest BCUT2D eigenvalue weighted by molar-refractivity contribution is 7.89. The molecule has 120 valence electrons. The highest BCUT2D eigenvalue weighted by atomic mass is 32.2. The molecular formula is C15H26N2O3S. The van der Waals surface area contributed by atoms with Crippen LogP contribution in [0.5, 0.6) is 0 Å². The maximum Gasteiger partial charge on any atom is 0.235 e. The van der Waals surface area contributed by atoms with Crippen LogP contribution < -0.4 is 5.32 Å². The Labute approximate surface area is 127 Å². The Bertz CT molecular complexity index is 557. The zero-order valence-corrected chi connectivity index (χ0v) is 14.0. The van der Waals surface area contributed by atoms with Crippen LogP contribution in [0, 0.1) is 16.7 Å². The minimum Gasteiger partial charge on any atom is -0.355 e. The fourth-order valence-electron chi connectivity index (χ4n) is 5.05. The van der Waals surface area contributed by atoms with Crippen LogP contribution in [-0.4, -0.2) is 43.5 Å². The second-order valence-corrected chi connectivity index (χ2v) is 9.44. The highest BCUT2D eigenvalue weighted by Gasteiger charge is 2.71. The Morgan fingerprint density at radius 3 is 2.71 bits per heavy atom. The first-order valence-corrected chi connectivity index (χ1v) is 9.62. The molecular weight excluding hydrogens is 288 g/mol. The largest absolute Gasteiger partial charge is 0.355 e. The van der Waals surface area contributed by atoms with Crippen molar-refractivity contribution in [1.82, 2.24) is 9.62 Å². The van der Waals surface area contributed by atoms with E-state index in [1.54, 1.807) is 0 Å². The van der Waals surface area contributed by atoms with Crippen LogP contribution in [0.4, 0.5) is 0 Å². The minimum atomic E-state index is -3.31. The Hall–Kier alpha value is -0.620. The van der Waals surface area contributed by atoms with Gasteiger partial charge in [-0.15, -0.1) is 0 Å². The summed E-state index contributed by atoms with van der Waals surface area (Å²) in [6.07, 6.45) is 3.91. The molecule has 1 N–H and O–H groups in total. The third kappa shape index (κ3) is 1.98. The molecule has 6 heteroatoms. The van der Waals surface area contributed by atoms with E-state index in [1.165, 1.54) is 4.31 Å². The molecule has 0 radical (unpaired) electrons. The molecule has 21 heavy (non-hydrogen) atoms. The first-order chi connectivity index (χ1) is 9.74. The van der Waals surface area contributed by atoms with Gasteiger partial charge in [-0.25, -0.2) is 8.42 Å². The van der Waals surface area contributed by atoms with Gasteiger partial charge >= 0.3 is 0 Å². The maximum absolute atomic E-state index is 12.6. The molecule has 2 bridgehead atoms. The second-order valence-electron chi connectivity index (χ2n) is 7.52. The summed E-state index contributed by atoms with van der Waals surface area (Å²) in [5.41, 5.74) is -0.0685. The number of hydrogen-bond donors (Lipinski definition) is 1. The van der Waals surface area contributed by atoms with Gasteiger partial charge < -0.3 is 5.32 Å². The van der Waals surface area contributed by atoms with Crippen molar-refractivity contribution in [2.45, 2.75) is 52.5 Å². The third-order valence-electron chi connectivity index (χ3n) is 6.40. The average molecular weight is 314 g/mol. The Kier molecular flexibility index (Phi) is 3.41. The second kappa shape index (κ2) is 4.69. The number of fused-ring (bicyclic) bond motifs is 1. The molecule has 3 rings (SSSR count). The normalized spacial score (nSPS) is 39.4. The predicted octanol–water partition coefficient (Wildman–Crippen LogP) is 1.35. The van der Waals surface area contributed by atoms with E-state index >= 15 is 0 Å². The first kappa shape index (κ1) is 15.3. The van der Waals surface area contributed by atoms with Crippen molar-refractivity contribution in [3.8, 4) is 0 Å². The van der Waals surface area contributed by atoms with Crippen LogP contribution in [0.25, 0.3) is 0 Å². The molecule has 2 aliphatic carbocycles. The van der Waals surface area contributed by atoms with Crippen LogP contribution in [0.15, 0.2) is 0 Å². The van der Waals surface area contributed by atoms with Gasteiger partial charge in [-0.3, -0.25) is 4.79 Å². The Morgan fingerprint density at radius 2 is 2.10 bits per heavy atom. The van der Waals surface area contributed by atoms with Crippen molar-refractivity contribution in [3.05, 3.63) is 0 Å². The van der Waals surface area contributed by atoms with Crippen LogP contribution in [0.1, 0.15) is 46.5 Å². The lowest BCUT2D eigenvalue weighted by Crippen LogP contribution is -2.45. The van der Waals surface area contributed by atoms with Crippen molar-refractivity contribution in [2.24, 2.45) is 16.7 Å². The molecule has 5 nitrogen and oxygen atoms in total. The molecule has 0 aromatic rings. The van der Waals surface area contributed by atoms with Crippen molar-refractivity contribution in [2.75, 3.05) is 18.8 Å². The molecule has 1 spiro atoms. The number of nitrogens with one attached hydrogen (secondary N) is 1. The van der Waals surface area contributed by atoms with E-state index in [-0.39, 0.29) is 35.1 Å². The van der Waals surface area contributed by atoms with Gasteiger partial charge in [0.25, 0.3) is 0 Å². The fraction of sp³-hybridized carbons (Fsp3) is 0.933. The number of hydrogen-bond acceptors (Lipinski definition) is 3. The van der Waals surface area contributed by atoms with E-state index < -0.39 is 10.0 Å². The van der Waals surface area contributed by atoms with Crippen molar-refractivity contribution < 1.29 is 13.2 Å². The van der Waals surface area contributed by atoms with Gasteiger partial charge in [-0.1, -0.05) is 20.8 Å². The molecule has 1 heterocycles. The standard InChI is InChI=1S/C15H26N2O3S/c1-4-7-16-13(18)9-17-12-8-11-5-6-15(12,14(11,2)3)10-21(17,19)20/h11-12H,4-10H2,1-3H3,(H,16,18)/t11-,12-,15+/m1/s1. The van der Waals surface area contributed by atoms with E-state index in [2.05, 4.69) is 19.2 Å². The number of carbonyl (C=O) groups excluding carboxylic acids is 1. The molecule has 3 fully saturated rings. The lowest BCUT2D eigenvalue weighted by Gasteiger charge is -2.37. The molecule has 0 unspecified atom stereocenters. The van der Waals surface area contributed by atoms with Gasteiger partial charge in [-0.2, -0.15) is 4.31 Å². The monoisotopic (exact) mass is 314 g/mol. The predicted molar refractivity (Wildman–Crippen MR) is 81.1 cm³/mol. The summed E-state index contributed by atoms with van der Waals surface area (Å²) >= 11 is 0. The molecule has 3 atom stereocenters. The van der Waals surface area contributed by atoms with Gasteiger partial charge in [-0.05, 0) is 37.0 Å². The molecule has 0 aromatic heterocycles. The average Bonchev–Trinajstić information content (AvgIpc) is 2.86. The van der Waals surface area contributed by atoms with Gasteiger partial charge in [0.15, 0.2) is 0 Å². The summed E-state index contributed by atoms with van der Waals surface area (Å²) in [6.45, 7) is 7.04. The fourth-order valence-corrected chi connectivity index (χ4v) is 7.56. The van der Waals surface area contributed by atoms with Gasteiger partial charge in [0, 0.05) is 18.0 Å². The van der Waals surface area contributed by atoms with Crippen molar-refractivity contribution in [1.29, 1.82) is 0 Å². The summed E-state index contributed by atoms with van der Waals surface area (Å²) < 4.78 is 26.7. The summed E-state index contributed by atoms with van der Waals surface area (Å²) in [5.74, 6) is 0.659. The summed E-state index contributed by atoms with van der Waals surface area (Å²) in [6, 6.07) is 0.0311. The highest BCUT2D eigenvalue weighted by Crippen LogP contribution is 2.69. The van der Waals surface area contributed by atoms with E-state index in [4.69, 9.17) is 0 Å². The quantitative estimate of drug-likeness (QED) is 0.852. The van der Waals surface area contributed by atoms with E-state index in [0.717, 1.165) is 25.7 Å². The Balaban J connectivity index is 1.85. The molecule has 1 saturated heterocycles. The summed E-state index contributed by atoms with van der Waals surface area (Å²) in [5, 5.41) is 2.79. The lowest BCUT2D eigenvalue weighted by molar-refractivity contribution is -0.121. The number of sulfonamides is 1. The first-order valence-electron chi connectivity index (χ1n) is 8.01. The van der Waals surface area contributed by atoms with E-state index in [9.17, 15) is 13.2 Å². The van der Waals surface area contributed by atoms with Crippen molar-refractivity contribution >= 4 is 15.9 Å². The molecule has 1 aliphatic heterocycles. The molecule has 2 saturated carbocycles. The topological polar surface area (TPSA) is 66.5 Å². The van der Waals surface area contributed by atoms with Crippen LogP contribution >= 0.6 is 0 Å². The number of rotatable bonds is 4. The van der Waals surface area contributed by atoms with Crippen molar-refractivity contribution in [3.63, 3.8) is 0 Å². The van der Waals surface area contributed by atoms with E-state index in [1.807, 2.05) is 6.92 Å². The van der Waals surface area contributed by atoms with Gasteiger partial charge in [0.05, 0.1) is 12.3 Å². The maximum atomic E-state index is 12.6. The van der Waals surface area contributed by atoms with Crippen LogP contribution in [0.2, 0.25) is 0 Å². The zero-order valence-electron chi connectivity index (χ0n) is 13.2. The number of nitrogens with zero attached hydrogens (tertiary/aromatic N) is 1. The van der Waals surface area contributed by atoms with Gasteiger partial charge in [0.1, 0.15) is 0 Å². The molecule has 3 aliphatic rings. The number of amides is 1. The van der Waals surface area contributed by atoms with Crippen LogP contribution in [0.3, 0.4) is 0 Å². The summed E-state index contributed by atoms with van der Waals surface area (Å²) in [7, 11) is -3.31. The third-order valence-corrected chi connectivity index (χ3v) is 8.38. The zero-order chi connectivity index (χ0) is 15.5. The minimum absolute atomic E-state index is 0.00243. The van der Waals surface area contributed by atoms with Crippen LogP contribution in [-0.2, 0) is 14.8 Å². The SMILES string of the molecule is CCCNC(=O)CN1[C@@H]2C[C@H]3CC[C@@]2(CS1(=O)=O)C3(C)C. The lowest BCUT2D eigenvalue weighted by atomic mass is 9.69. The van der Waals surface area contributed by atoms with E-state index in [0.29, 0.717) is 12.5 Å². The Morgan fingerprint density at radius 1 is 1.38 bits per heavy atom. The number of carbonyl (C=O) groups is 1. The smallest absolute Gasteiger partial charge is 0.235 e. The molecule has 1 amide bonds. The molecule has 0 aromatic carbocycles.